The fourth-order valence-electron chi connectivity index (χ4n) is 1.60. The molecular formula is C14H10Cl2N2. The third-order valence-corrected chi connectivity index (χ3v) is 3.26. The van der Waals surface area contributed by atoms with Crippen molar-refractivity contribution >= 4 is 28.9 Å². The van der Waals surface area contributed by atoms with Crippen LogP contribution in [0.15, 0.2) is 48.5 Å². The van der Waals surface area contributed by atoms with Crippen LogP contribution in [0.25, 0.3) is 0 Å². The second-order valence-electron chi connectivity index (χ2n) is 3.77. The van der Waals surface area contributed by atoms with Gasteiger partial charge in [0, 0.05) is 0 Å². The quantitative estimate of drug-likeness (QED) is 0.611. The van der Waals surface area contributed by atoms with E-state index in [9.17, 15) is 5.26 Å². The van der Waals surface area contributed by atoms with Gasteiger partial charge in [0.1, 0.15) is 0 Å². The Hall–Kier alpha value is -1.69. The summed E-state index contributed by atoms with van der Waals surface area (Å²) in [6, 6.07) is 14.9. The summed E-state index contributed by atoms with van der Waals surface area (Å²) in [4.78, 5) is 1.57. The van der Waals surface area contributed by atoms with Gasteiger partial charge >= 0.3 is 0 Å². The lowest BCUT2D eigenvalue weighted by atomic mass is 10.2. The minimum atomic E-state index is 0.447. The average molecular weight is 277 g/mol. The van der Waals surface area contributed by atoms with Crippen LogP contribution in [0.3, 0.4) is 0 Å². The van der Waals surface area contributed by atoms with E-state index < -0.39 is 0 Å². The molecule has 0 unspecified atom stereocenters. The molecule has 0 aliphatic heterocycles. The van der Waals surface area contributed by atoms with E-state index in [1.54, 1.807) is 23.1 Å². The summed E-state index contributed by atoms with van der Waals surface area (Å²) in [6.45, 7) is 0.509. The number of nitriles is 1. The van der Waals surface area contributed by atoms with E-state index in [4.69, 9.17) is 23.2 Å². The Bertz CT molecular complexity index is 576. The molecule has 0 amide bonds. The molecule has 4 heteroatoms. The molecule has 0 spiro atoms. The monoisotopic (exact) mass is 276 g/mol. The predicted molar refractivity (Wildman–Crippen MR) is 74.7 cm³/mol. The standard InChI is InChI=1S/C14H10Cl2N2/c15-13-7-6-12(8-14(13)16)18(10-17)9-11-4-2-1-3-5-11/h1-8H,9H2. The van der Waals surface area contributed by atoms with E-state index in [-0.39, 0.29) is 0 Å². The van der Waals surface area contributed by atoms with Crippen molar-refractivity contribution in [2.45, 2.75) is 6.54 Å². The lowest BCUT2D eigenvalue weighted by molar-refractivity contribution is 0.978. The first kappa shape index (κ1) is 12.8. The summed E-state index contributed by atoms with van der Waals surface area (Å²) >= 11 is 11.8. The van der Waals surface area contributed by atoms with Crippen molar-refractivity contribution in [2.24, 2.45) is 0 Å². The SMILES string of the molecule is N#CN(Cc1ccccc1)c1ccc(Cl)c(Cl)c1. The Labute approximate surface area is 116 Å². The lowest BCUT2D eigenvalue weighted by Crippen LogP contribution is -2.15. The van der Waals surface area contributed by atoms with Crippen molar-refractivity contribution in [1.29, 1.82) is 5.26 Å². The van der Waals surface area contributed by atoms with Crippen LogP contribution < -0.4 is 4.90 Å². The molecule has 0 atom stereocenters. The van der Waals surface area contributed by atoms with Gasteiger partial charge in [-0.1, -0.05) is 53.5 Å². The Balaban J connectivity index is 2.24. The summed E-state index contributed by atoms with van der Waals surface area (Å²) in [7, 11) is 0. The molecule has 2 aromatic rings. The van der Waals surface area contributed by atoms with Crippen LogP contribution in [0.4, 0.5) is 5.69 Å². The predicted octanol–water partition coefficient (Wildman–Crippen LogP) is 4.48. The van der Waals surface area contributed by atoms with Crippen molar-refractivity contribution in [1.82, 2.24) is 0 Å². The molecule has 2 nitrogen and oxygen atoms in total. The van der Waals surface area contributed by atoms with E-state index in [0.29, 0.717) is 16.6 Å². The van der Waals surface area contributed by atoms with Gasteiger partial charge in [-0.25, -0.2) is 0 Å². The van der Waals surface area contributed by atoms with Gasteiger partial charge in [-0.15, -0.1) is 0 Å². The number of rotatable bonds is 3. The molecule has 0 saturated heterocycles. The number of anilines is 1. The number of nitrogens with zero attached hydrogens (tertiary/aromatic N) is 2. The zero-order valence-corrected chi connectivity index (χ0v) is 11.0. The lowest BCUT2D eigenvalue weighted by Gasteiger charge is -2.16. The summed E-state index contributed by atoms with van der Waals surface area (Å²) in [5.74, 6) is 0. The first-order valence-corrected chi connectivity index (χ1v) is 6.12. The van der Waals surface area contributed by atoms with Crippen LogP contribution in [0, 0.1) is 11.5 Å². The fourth-order valence-corrected chi connectivity index (χ4v) is 1.90. The van der Waals surface area contributed by atoms with Crippen LogP contribution >= 0.6 is 23.2 Å². The third-order valence-electron chi connectivity index (χ3n) is 2.52. The van der Waals surface area contributed by atoms with E-state index in [1.165, 1.54) is 0 Å². The number of benzene rings is 2. The number of halogens is 2. The maximum Gasteiger partial charge on any atom is 0.184 e. The van der Waals surface area contributed by atoms with Crippen LogP contribution in [0.5, 0.6) is 0 Å². The van der Waals surface area contributed by atoms with Gasteiger partial charge in [-0.3, -0.25) is 4.90 Å². The molecule has 0 heterocycles. The number of hydrogen-bond donors (Lipinski definition) is 0. The number of hydrogen-bond acceptors (Lipinski definition) is 2. The van der Waals surface area contributed by atoms with Gasteiger partial charge in [0.15, 0.2) is 6.19 Å². The Kier molecular flexibility index (Phi) is 4.09. The highest BCUT2D eigenvalue weighted by molar-refractivity contribution is 6.42. The molecule has 90 valence electrons. The fraction of sp³-hybridized carbons (Fsp3) is 0.0714. The summed E-state index contributed by atoms with van der Waals surface area (Å²) in [5, 5.41) is 10.1. The van der Waals surface area contributed by atoms with Crippen LogP contribution in [-0.2, 0) is 6.54 Å². The van der Waals surface area contributed by atoms with Crippen molar-refractivity contribution in [2.75, 3.05) is 4.90 Å². The molecule has 0 bridgehead atoms. The molecule has 0 N–H and O–H groups in total. The molecule has 18 heavy (non-hydrogen) atoms. The van der Waals surface area contributed by atoms with E-state index in [0.717, 1.165) is 11.3 Å². The molecule has 0 aliphatic carbocycles. The second kappa shape index (κ2) is 5.77. The first-order chi connectivity index (χ1) is 8.70. The zero-order valence-electron chi connectivity index (χ0n) is 9.48. The highest BCUT2D eigenvalue weighted by Gasteiger charge is 2.08. The first-order valence-electron chi connectivity index (χ1n) is 5.37. The van der Waals surface area contributed by atoms with Crippen molar-refractivity contribution in [3.63, 3.8) is 0 Å². The molecular weight excluding hydrogens is 267 g/mol. The minimum absolute atomic E-state index is 0.447. The van der Waals surface area contributed by atoms with E-state index in [1.807, 2.05) is 30.3 Å². The van der Waals surface area contributed by atoms with Gasteiger partial charge in [-0.2, -0.15) is 5.26 Å². The minimum Gasteiger partial charge on any atom is -0.275 e. The Morgan fingerprint density at radius 1 is 1.00 bits per heavy atom. The van der Waals surface area contributed by atoms with Crippen molar-refractivity contribution in [3.8, 4) is 6.19 Å². The van der Waals surface area contributed by atoms with Gasteiger partial charge in [0.2, 0.25) is 0 Å². The topological polar surface area (TPSA) is 27.0 Å². The van der Waals surface area contributed by atoms with E-state index in [2.05, 4.69) is 6.19 Å². The Morgan fingerprint density at radius 2 is 1.72 bits per heavy atom. The summed E-state index contributed by atoms with van der Waals surface area (Å²) < 4.78 is 0. The molecule has 2 aromatic carbocycles. The Morgan fingerprint density at radius 3 is 2.33 bits per heavy atom. The average Bonchev–Trinajstić information content (AvgIpc) is 2.40. The molecule has 2 rings (SSSR count). The van der Waals surface area contributed by atoms with Crippen molar-refractivity contribution in [3.05, 3.63) is 64.1 Å². The molecule has 0 aromatic heterocycles. The normalized spacial score (nSPS) is 9.83. The van der Waals surface area contributed by atoms with Gasteiger partial charge in [-0.05, 0) is 23.8 Å². The zero-order chi connectivity index (χ0) is 13.0. The van der Waals surface area contributed by atoms with E-state index >= 15 is 0 Å². The van der Waals surface area contributed by atoms with Crippen molar-refractivity contribution < 1.29 is 0 Å². The maximum absolute atomic E-state index is 9.20. The highest BCUT2D eigenvalue weighted by Crippen LogP contribution is 2.27. The van der Waals surface area contributed by atoms with Gasteiger partial charge < -0.3 is 0 Å². The second-order valence-corrected chi connectivity index (χ2v) is 4.58. The van der Waals surface area contributed by atoms with Crippen LogP contribution in [-0.4, -0.2) is 0 Å². The van der Waals surface area contributed by atoms with Crippen LogP contribution in [0.1, 0.15) is 5.56 Å². The van der Waals surface area contributed by atoms with Gasteiger partial charge in [0.05, 0.1) is 22.3 Å². The summed E-state index contributed by atoms with van der Waals surface area (Å²) in [5.41, 5.74) is 1.79. The van der Waals surface area contributed by atoms with Gasteiger partial charge in [0.25, 0.3) is 0 Å². The third kappa shape index (κ3) is 2.95. The molecule has 0 radical (unpaired) electrons. The smallest absolute Gasteiger partial charge is 0.184 e. The molecule has 0 fully saturated rings. The van der Waals surface area contributed by atoms with Crippen LogP contribution in [0.2, 0.25) is 10.0 Å². The largest absolute Gasteiger partial charge is 0.275 e. The summed E-state index contributed by atoms with van der Waals surface area (Å²) in [6.07, 6.45) is 2.15. The molecule has 0 saturated carbocycles. The maximum atomic E-state index is 9.20. The molecule has 0 aliphatic rings. The highest BCUT2D eigenvalue weighted by atomic mass is 35.5.